The van der Waals surface area contributed by atoms with Crippen LogP contribution >= 0.6 is 12.2 Å². The molecule has 35 heavy (non-hydrogen) atoms. The normalized spacial score (nSPS) is 15.8. The minimum atomic E-state index is -0.473. The van der Waals surface area contributed by atoms with Crippen molar-refractivity contribution in [3.8, 4) is 17.1 Å². The molecular weight excluding hydrogens is 463 g/mol. The van der Waals surface area contributed by atoms with Crippen LogP contribution in [-0.4, -0.2) is 22.4 Å². The fourth-order valence-electron chi connectivity index (χ4n) is 4.15. The number of aromatic nitrogens is 2. The molecule has 176 valence electrons. The second-order valence-electron chi connectivity index (χ2n) is 8.26. The van der Waals surface area contributed by atoms with Crippen LogP contribution < -0.4 is 15.0 Å². The molecule has 0 bridgehead atoms. The van der Waals surface area contributed by atoms with Crippen molar-refractivity contribution in [2.45, 2.75) is 19.9 Å². The maximum Gasteiger partial charge on any atom is 0.258 e. The Balaban J connectivity index is 1.64. The number of nitrogens with zero attached hydrogens (tertiary/aromatic N) is 3. The first-order chi connectivity index (χ1) is 16.9. The number of benzene rings is 3. The third-order valence-corrected chi connectivity index (χ3v) is 6.26. The molecule has 6 nitrogen and oxygen atoms in total. The summed E-state index contributed by atoms with van der Waals surface area (Å²) in [6.07, 6.45) is 0. The molecule has 0 saturated carbocycles. The number of aryl methyl sites for hydroxylation is 1. The van der Waals surface area contributed by atoms with Crippen molar-refractivity contribution in [2.24, 2.45) is 0 Å². The molecule has 0 amide bonds. The van der Waals surface area contributed by atoms with Crippen molar-refractivity contribution in [2.75, 3.05) is 12.0 Å². The third-order valence-electron chi connectivity index (χ3n) is 5.96. The Morgan fingerprint density at radius 2 is 1.77 bits per heavy atom. The highest BCUT2D eigenvalue weighted by molar-refractivity contribution is 7.80. The first-order valence-corrected chi connectivity index (χ1v) is 11.5. The number of anilines is 1. The minimum absolute atomic E-state index is 0.334. The molecule has 0 saturated heterocycles. The van der Waals surface area contributed by atoms with E-state index in [0.29, 0.717) is 28.0 Å². The Labute approximate surface area is 208 Å². The van der Waals surface area contributed by atoms with E-state index in [4.69, 9.17) is 26.5 Å². The smallest absolute Gasteiger partial charge is 0.258 e. The van der Waals surface area contributed by atoms with E-state index >= 15 is 0 Å². The summed E-state index contributed by atoms with van der Waals surface area (Å²) >= 11 is 5.74. The minimum Gasteiger partial charge on any atom is -0.497 e. The molecule has 3 aromatic carbocycles. The van der Waals surface area contributed by atoms with Gasteiger partial charge in [0.25, 0.3) is 5.89 Å². The Morgan fingerprint density at radius 1 is 1.03 bits per heavy atom. The largest absolute Gasteiger partial charge is 0.497 e. The topological polar surface area (TPSA) is 63.4 Å². The van der Waals surface area contributed by atoms with Crippen LogP contribution in [0.25, 0.3) is 17.0 Å². The Hall–Kier alpha value is -4.04. The van der Waals surface area contributed by atoms with Crippen LogP contribution in [0.1, 0.15) is 30.0 Å². The number of ether oxygens (including phenoxy) is 1. The highest BCUT2D eigenvalue weighted by Gasteiger charge is 2.35. The number of halogens is 1. The van der Waals surface area contributed by atoms with Gasteiger partial charge in [-0.05, 0) is 68.0 Å². The monoisotopic (exact) mass is 486 g/mol. The lowest BCUT2D eigenvalue weighted by Crippen LogP contribution is -2.46. The van der Waals surface area contributed by atoms with Gasteiger partial charge in [0.2, 0.25) is 5.82 Å². The van der Waals surface area contributed by atoms with Gasteiger partial charge in [0.05, 0.1) is 18.7 Å². The van der Waals surface area contributed by atoms with Crippen molar-refractivity contribution >= 4 is 28.6 Å². The van der Waals surface area contributed by atoms with E-state index < -0.39 is 6.04 Å². The quantitative estimate of drug-likeness (QED) is 0.344. The number of rotatable bonds is 5. The van der Waals surface area contributed by atoms with E-state index in [0.717, 1.165) is 28.3 Å². The summed E-state index contributed by atoms with van der Waals surface area (Å²) in [7, 11) is 1.62. The lowest BCUT2D eigenvalue weighted by atomic mass is 9.94. The molecule has 1 unspecified atom stereocenters. The molecule has 1 aliphatic heterocycles. The van der Waals surface area contributed by atoms with Gasteiger partial charge in [0.1, 0.15) is 11.6 Å². The Kier molecular flexibility index (Phi) is 6.05. The van der Waals surface area contributed by atoms with Crippen molar-refractivity contribution in [1.29, 1.82) is 0 Å². The van der Waals surface area contributed by atoms with Gasteiger partial charge in [0.15, 0.2) is 5.11 Å². The molecule has 1 aliphatic rings. The number of allylic oxidation sites excluding steroid dienone is 1. The molecule has 8 heteroatoms. The molecule has 1 aromatic heterocycles. The number of hydrogen-bond donors (Lipinski definition) is 1. The van der Waals surface area contributed by atoms with E-state index in [1.165, 1.54) is 12.1 Å². The highest BCUT2D eigenvalue weighted by Crippen LogP contribution is 2.39. The van der Waals surface area contributed by atoms with Crippen LogP contribution in [0.5, 0.6) is 5.75 Å². The molecule has 0 fully saturated rings. The summed E-state index contributed by atoms with van der Waals surface area (Å²) in [6, 6.07) is 21.4. The Bertz CT molecular complexity index is 1410. The average molecular weight is 487 g/mol. The van der Waals surface area contributed by atoms with Gasteiger partial charge in [-0.15, -0.1) is 0 Å². The SMILES string of the molecule is COc1ccc(N2C(=S)NC(c3cccc(F)c3)C(c3nc(-c4ccc(C)cc4)no3)=C2C)cc1. The van der Waals surface area contributed by atoms with Gasteiger partial charge in [-0.1, -0.05) is 47.1 Å². The van der Waals surface area contributed by atoms with E-state index in [-0.39, 0.29) is 5.82 Å². The zero-order chi connectivity index (χ0) is 24.5. The molecule has 4 aromatic rings. The summed E-state index contributed by atoms with van der Waals surface area (Å²) in [4.78, 5) is 6.60. The second kappa shape index (κ2) is 9.31. The first kappa shape index (κ1) is 22.7. The van der Waals surface area contributed by atoms with Crippen molar-refractivity contribution in [3.63, 3.8) is 0 Å². The maximum atomic E-state index is 14.2. The van der Waals surface area contributed by atoms with E-state index in [2.05, 4.69) is 10.5 Å². The molecule has 0 radical (unpaired) electrons. The zero-order valence-electron chi connectivity index (χ0n) is 19.4. The van der Waals surface area contributed by atoms with Gasteiger partial charge >= 0.3 is 0 Å². The highest BCUT2D eigenvalue weighted by atomic mass is 32.1. The van der Waals surface area contributed by atoms with Crippen LogP contribution in [0, 0.1) is 12.7 Å². The molecule has 1 N–H and O–H groups in total. The van der Waals surface area contributed by atoms with Crippen molar-refractivity contribution in [3.05, 3.63) is 101 Å². The summed E-state index contributed by atoms with van der Waals surface area (Å²) in [5, 5.41) is 8.04. The third kappa shape index (κ3) is 4.40. The van der Waals surface area contributed by atoms with Crippen LogP contribution in [-0.2, 0) is 0 Å². The fourth-order valence-corrected chi connectivity index (χ4v) is 4.51. The fraction of sp³-hybridized carbons (Fsp3) is 0.148. The lowest BCUT2D eigenvalue weighted by molar-refractivity contribution is 0.404. The standard InChI is InChI=1S/C27H23FN4O2S/c1-16-7-9-18(10-8-16)25-30-26(34-31-25)23-17(2)32(21-11-13-22(33-3)14-12-21)27(35)29-24(23)19-5-4-6-20(28)15-19/h4-15,24H,1-3H3,(H,29,35). The van der Waals surface area contributed by atoms with Crippen LogP contribution in [0.4, 0.5) is 10.1 Å². The predicted molar refractivity (Wildman–Crippen MR) is 137 cm³/mol. The molecular formula is C27H23FN4O2S. The summed E-state index contributed by atoms with van der Waals surface area (Å²) in [6.45, 7) is 3.96. The van der Waals surface area contributed by atoms with Crippen molar-refractivity contribution in [1.82, 2.24) is 15.5 Å². The van der Waals surface area contributed by atoms with Gasteiger partial charge in [-0.25, -0.2) is 4.39 Å². The van der Waals surface area contributed by atoms with Crippen LogP contribution in [0.15, 0.2) is 83.0 Å². The predicted octanol–water partition coefficient (Wildman–Crippen LogP) is 6.06. The van der Waals surface area contributed by atoms with Crippen LogP contribution in [0.3, 0.4) is 0 Å². The van der Waals surface area contributed by atoms with E-state index in [1.807, 2.05) is 73.3 Å². The Morgan fingerprint density at radius 3 is 2.46 bits per heavy atom. The van der Waals surface area contributed by atoms with Crippen LogP contribution in [0.2, 0.25) is 0 Å². The summed E-state index contributed by atoms with van der Waals surface area (Å²) in [5.74, 6) is 1.21. The maximum absolute atomic E-state index is 14.2. The molecule has 1 atom stereocenters. The number of hydrogen-bond acceptors (Lipinski definition) is 5. The molecule has 0 spiro atoms. The molecule has 5 rings (SSSR count). The summed E-state index contributed by atoms with van der Waals surface area (Å²) in [5.41, 5.74) is 5.04. The summed E-state index contributed by atoms with van der Waals surface area (Å²) < 4.78 is 25.2. The van der Waals surface area contributed by atoms with Gasteiger partial charge in [-0.3, -0.25) is 4.90 Å². The number of thiocarbonyl (C=S) groups is 1. The van der Waals surface area contributed by atoms with Gasteiger partial charge < -0.3 is 14.6 Å². The number of nitrogens with one attached hydrogen (secondary N) is 1. The zero-order valence-corrected chi connectivity index (χ0v) is 20.3. The average Bonchev–Trinajstić information content (AvgIpc) is 3.34. The lowest BCUT2D eigenvalue weighted by Gasteiger charge is -2.37. The number of methoxy groups -OCH3 is 1. The van der Waals surface area contributed by atoms with Gasteiger partial charge in [-0.2, -0.15) is 4.98 Å². The van der Waals surface area contributed by atoms with Gasteiger partial charge in [0, 0.05) is 16.9 Å². The van der Waals surface area contributed by atoms with E-state index in [1.54, 1.807) is 13.2 Å². The first-order valence-electron chi connectivity index (χ1n) is 11.1. The molecule has 2 heterocycles. The second-order valence-corrected chi connectivity index (χ2v) is 8.65. The van der Waals surface area contributed by atoms with Crippen molar-refractivity contribution < 1.29 is 13.7 Å². The van der Waals surface area contributed by atoms with E-state index in [9.17, 15) is 4.39 Å². The molecule has 0 aliphatic carbocycles.